The number of amides is 1. The van der Waals surface area contributed by atoms with Crippen molar-refractivity contribution < 1.29 is 13.6 Å². The van der Waals surface area contributed by atoms with Gasteiger partial charge in [-0.25, -0.2) is 0 Å². The van der Waals surface area contributed by atoms with Crippen molar-refractivity contribution in [2.45, 2.75) is 10.7 Å². The molecule has 1 amide bonds. The number of carbonyl (C=O) groups is 1. The van der Waals surface area contributed by atoms with Gasteiger partial charge < -0.3 is 5.32 Å². The molecule has 0 unspecified atom stereocenters. The molecule has 0 heterocycles. The number of thioether (sulfide) groups is 1. The molecule has 2 aromatic rings. The zero-order valence-corrected chi connectivity index (χ0v) is 13.1. The Hall–Kier alpha value is -1.15. The number of halogens is 3. The largest absolute Gasteiger partial charge is 0.321 e. The van der Waals surface area contributed by atoms with Crippen molar-refractivity contribution in [1.82, 2.24) is 0 Å². The number of benzene rings is 2. The molecule has 0 aliphatic heterocycles. The summed E-state index contributed by atoms with van der Waals surface area (Å²) in [5.41, 5.74) is 0.910. The molecular formula is C14H10F2INOS. The number of hydrogen-bond donors (Lipinski definition) is 1. The topological polar surface area (TPSA) is 29.1 Å². The molecule has 0 aliphatic rings. The lowest BCUT2D eigenvalue weighted by Crippen LogP contribution is -2.14. The first kappa shape index (κ1) is 15.2. The van der Waals surface area contributed by atoms with Gasteiger partial charge in [-0.2, -0.15) is 8.78 Å². The first-order valence-electron chi connectivity index (χ1n) is 5.67. The minimum absolute atomic E-state index is 0.248. The molecule has 0 atom stereocenters. The number of nitrogens with one attached hydrogen (secondary N) is 1. The van der Waals surface area contributed by atoms with Gasteiger partial charge >= 0.3 is 0 Å². The molecule has 6 heteroatoms. The van der Waals surface area contributed by atoms with Crippen LogP contribution < -0.4 is 5.32 Å². The summed E-state index contributed by atoms with van der Waals surface area (Å²) in [7, 11) is 0. The fourth-order valence-electron chi connectivity index (χ4n) is 1.61. The lowest BCUT2D eigenvalue weighted by Gasteiger charge is -2.10. The van der Waals surface area contributed by atoms with Crippen LogP contribution in [0.5, 0.6) is 0 Å². The van der Waals surface area contributed by atoms with Gasteiger partial charge in [0.05, 0.1) is 11.3 Å². The third kappa shape index (κ3) is 3.92. The van der Waals surface area contributed by atoms with Crippen molar-refractivity contribution in [2.75, 3.05) is 5.32 Å². The zero-order valence-electron chi connectivity index (χ0n) is 10.1. The molecule has 0 saturated carbocycles. The van der Waals surface area contributed by atoms with Crippen LogP contribution in [-0.2, 0) is 0 Å². The van der Waals surface area contributed by atoms with E-state index >= 15 is 0 Å². The van der Waals surface area contributed by atoms with Crippen LogP contribution in [0.3, 0.4) is 0 Å². The molecule has 104 valence electrons. The zero-order chi connectivity index (χ0) is 14.5. The van der Waals surface area contributed by atoms with Crippen molar-refractivity contribution in [1.29, 1.82) is 0 Å². The maximum atomic E-state index is 12.5. The molecule has 2 rings (SSSR count). The van der Waals surface area contributed by atoms with E-state index in [1.54, 1.807) is 24.3 Å². The monoisotopic (exact) mass is 405 g/mol. The molecule has 0 spiro atoms. The van der Waals surface area contributed by atoms with Crippen LogP contribution in [0.4, 0.5) is 14.5 Å². The van der Waals surface area contributed by atoms with Gasteiger partial charge in [-0.3, -0.25) is 4.79 Å². The van der Waals surface area contributed by atoms with E-state index in [1.807, 2.05) is 12.1 Å². The smallest absolute Gasteiger partial charge is 0.288 e. The second-order valence-electron chi connectivity index (χ2n) is 3.81. The normalized spacial score (nSPS) is 10.6. The lowest BCUT2D eigenvalue weighted by molar-refractivity contribution is 0.102. The number of carbonyl (C=O) groups excluding carboxylic acids is 1. The van der Waals surface area contributed by atoms with Crippen LogP contribution in [0.15, 0.2) is 53.4 Å². The molecule has 20 heavy (non-hydrogen) atoms. The highest BCUT2D eigenvalue weighted by Crippen LogP contribution is 2.29. The van der Waals surface area contributed by atoms with Gasteiger partial charge in [0.1, 0.15) is 0 Å². The summed E-state index contributed by atoms with van der Waals surface area (Å²) >= 11 is 2.47. The minimum Gasteiger partial charge on any atom is -0.321 e. The van der Waals surface area contributed by atoms with Crippen molar-refractivity contribution in [3.8, 4) is 0 Å². The van der Waals surface area contributed by atoms with E-state index in [-0.39, 0.29) is 10.5 Å². The molecule has 2 aromatic carbocycles. The fraction of sp³-hybridized carbons (Fsp3) is 0.0714. The Bertz CT molecular complexity index is 622. The predicted molar refractivity (Wildman–Crippen MR) is 85.4 cm³/mol. The SMILES string of the molecule is O=C(Nc1ccccc1I)c1ccccc1SC(F)F. The first-order chi connectivity index (χ1) is 9.58. The summed E-state index contributed by atoms with van der Waals surface area (Å²) in [6.07, 6.45) is 0. The van der Waals surface area contributed by atoms with E-state index in [2.05, 4.69) is 27.9 Å². The van der Waals surface area contributed by atoms with Crippen LogP contribution in [0.25, 0.3) is 0 Å². The summed E-state index contributed by atoms with van der Waals surface area (Å²) in [5.74, 6) is -2.95. The molecule has 0 saturated heterocycles. The Kier molecular flexibility index (Phi) is 5.36. The Balaban J connectivity index is 2.23. The maximum Gasteiger partial charge on any atom is 0.288 e. The van der Waals surface area contributed by atoms with Gasteiger partial charge in [0, 0.05) is 8.47 Å². The van der Waals surface area contributed by atoms with Crippen molar-refractivity contribution in [2.24, 2.45) is 0 Å². The molecule has 0 bridgehead atoms. The summed E-state index contributed by atoms with van der Waals surface area (Å²) in [4.78, 5) is 12.5. The highest BCUT2D eigenvalue weighted by molar-refractivity contribution is 14.1. The van der Waals surface area contributed by atoms with Gasteiger partial charge in [-0.1, -0.05) is 36.0 Å². The molecule has 0 radical (unpaired) electrons. The second-order valence-corrected chi connectivity index (χ2v) is 6.00. The van der Waals surface area contributed by atoms with Crippen LogP contribution in [0.1, 0.15) is 10.4 Å². The van der Waals surface area contributed by atoms with Crippen molar-refractivity contribution in [3.63, 3.8) is 0 Å². The van der Waals surface area contributed by atoms with E-state index in [4.69, 9.17) is 0 Å². The number of alkyl halides is 2. The van der Waals surface area contributed by atoms with Gasteiger partial charge in [0.2, 0.25) is 0 Å². The molecule has 0 aliphatic carbocycles. The molecule has 2 nitrogen and oxygen atoms in total. The van der Waals surface area contributed by atoms with Crippen LogP contribution >= 0.6 is 34.4 Å². The molecule has 1 N–H and O–H groups in total. The third-order valence-electron chi connectivity index (χ3n) is 2.47. The predicted octanol–water partition coefficient (Wildman–Crippen LogP) is 4.86. The van der Waals surface area contributed by atoms with E-state index in [9.17, 15) is 13.6 Å². The van der Waals surface area contributed by atoms with Crippen LogP contribution in [0.2, 0.25) is 0 Å². The van der Waals surface area contributed by atoms with Gasteiger partial charge in [0.25, 0.3) is 11.7 Å². The van der Waals surface area contributed by atoms with E-state index < -0.39 is 11.7 Å². The number of rotatable bonds is 4. The standard InChI is InChI=1S/C14H10F2INOS/c15-14(16)20-12-8-4-1-5-9(12)13(19)18-11-7-3-2-6-10(11)17/h1-8,14H,(H,18,19). The third-order valence-corrected chi connectivity index (χ3v) is 4.20. The van der Waals surface area contributed by atoms with Gasteiger partial charge in [0.15, 0.2) is 0 Å². The Morgan fingerprint density at radius 2 is 1.75 bits per heavy atom. The minimum atomic E-state index is -2.55. The number of anilines is 1. The lowest BCUT2D eigenvalue weighted by atomic mass is 10.2. The Morgan fingerprint density at radius 3 is 2.45 bits per heavy atom. The Labute approximate surface area is 133 Å². The maximum absolute atomic E-state index is 12.5. The number of hydrogen-bond acceptors (Lipinski definition) is 2. The van der Waals surface area contributed by atoms with E-state index in [1.165, 1.54) is 12.1 Å². The first-order valence-corrected chi connectivity index (χ1v) is 7.63. The van der Waals surface area contributed by atoms with Crippen LogP contribution in [0, 0.1) is 3.57 Å². The summed E-state index contributed by atoms with van der Waals surface area (Å²) in [6, 6.07) is 13.6. The fourth-order valence-corrected chi connectivity index (χ4v) is 2.76. The van der Waals surface area contributed by atoms with E-state index in [0.29, 0.717) is 17.4 Å². The summed E-state index contributed by atoms with van der Waals surface area (Å²) < 4.78 is 25.9. The average molecular weight is 405 g/mol. The van der Waals surface area contributed by atoms with Crippen molar-refractivity contribution >= 4 is 45.9 Å². The summed E-state index contributed by atoms with van der Waals surface area (Å²) in [5, 5.41) is 2.74. The van der Waals surface area contributed by atoms with Crippen LogP contribution in [-0.4, -0.2) is 11.7 Å². The molecular weight excluding hydrogens is 395 g/mol. The van der Waals surface area contributed by atoms with Crippen molar-refractivity contribution in [3.05, 3.63) is 57.7 Å². The quantitative estimate of drug-likeness (QED) is 0.582. The highest BCUT2D eigenvalue weighted by atomic mass is 127. The Morgan fingerprint density at radius 1 is 1.10 bits per heavy atom. The highest BCUT2D eigenvalue weighted by Gasteiger charge is 2.15. The van der Waals surface area contributed by atoms with Gasteiger partial charge in [-0.15, -0.1) is 0 Å². The van der Waals surface area contributed by atoms with E-state index in [0.717, 1.165) is 3.57 Å². The van der Waals surface area contributed by atoms with Gasteiger partial charge in [-0.05, 0) is 46.9 Å². The number of para-hydroxylation sites is 1. The molecule has 0 fully saturated rings. The summed E-state index contributed by atoms with van der Waals surface area (Å²) in [6.45, 7) is 0. The average Bonchev–Trinajstić information content (AvgIpc) is 2.41. The molecule has 0 aromatic heterocycles. The second kappa shape index (κ2) is 7.03.